The molecule has 2 saturated heterocycles. The van der Waals surface area contributed by atoms with E-state index in [0.29, 0.717) is 24.8 Å². The first-order chi connectivity index (χ1) is 14.7. The first-order valence-electron chi connectivity index (χ1n) is 11.3. The second-order valence-electron chi connectivity index (χ2n) is 9.68. The van der Waals surface area contributed by atoms with Gasteiger partial charge in [-0.25, -0.2) is 8.42 Å². The number of piperidine rings is 1. The van der Waals surface area contributed by atoms with Gasteiger partial charge in [0, 0.05) is 46.3 Å². The van der Waals surface area contributed by atoms with Gasteiger partial charge >= 0.3 is 0 Å². The molecule has 0 aromatic heterocycles. The highest BCUT2D eigenvalue weighted by Crippen LogP contribution is 2.62. The molecule has 7 nitrogen and oxygen atoms in total. The van der Waals surface area contributed by atoms with Crippen LogP contribution in [0.15, 0.2) is 29.2 Å². The third-order valence-corrected chi connectivity index (χ3v) is 9.99. The Balaban J connectivity index is 1.55. The molecule has 0 N–H and O–H groups in total. The second kappa shape index (κ2) is 8.05. The van der Waals surface area contributed by atoms with Crippen LogP contribution in [0, 0.1) is 16.7 Å². The van der Waals surface area contributed by atoms with Crippen molar-refractivity contribution in [2.75, 3.05) is 53.9 Å². The zero-order valence-corrected chi connectivity index (χ0v) is 20.0. The van der Waals surface area contributed by atoms with Crippen LogP contribution in [0.4, 0.5) is 0 Å². The molecule has 1 saturated carbocycles. The molecule has 2 atom stereocenters. The van der Waals surface area contributed by atoms with Crippen molar-refractivity contribution in [1.82, 2.24) is 14.1 Å². The van der Waals surface area contributed by atoms with Crippen LogP contribution in [0.2, 0.25) is 0 Å². The third kappa shape index (κ3) is 3.56. The van der Waals surface area contributed by atoms with Crippen molar-refractivity contribution >= 4 is 15.9 Å². The van der Waals surface area contributed by atoms with Crippen molar-refractivity contribution in [1.29, 1.82) is 0 Å². The molecule has 1 amide bonds. The zero-order chi connectivity index (χ0) is 22.4. The molecule has 2 aliphatic heterocycles. The molecule has 0 unspecified atom stereocenters. The van der Waals surface area contributed by atoms with Crippen LogP contribution in [0.1, 0.15) is 32.6 Å². The summed E-state index contributed by atoms with van der Waals surface area (Å²) < 4.78 is 33.3. The van der Waals surface area contributed by atoms with Gasteiger partial charge in [0.1, 0.15) is 5.75 Å². The smallest absolute Gasteiger partial charge is 0.243 e. The van der Waals surface area contributed by atoms with Crippen molar-refractivity contribution in [2.45, 2.75) is 37.5 Å². The average Bonchev–Trinajstić information content (AvgIpc) is 3.30. The van der Waals surface area contributed by atoms with E-state index >= 15 is 0 Å². The molecule has 1 aliphatic carbocycles. The maximum absolute atomic E-state index is 13.3. The second-order valence-corrected chi connectivity index (χ2v) is 11.6. The lowest BCUT2D eigenvalue weighted by Crippen LogP contribution is -2.49. The molecule has 1 aromatic rings. The quantitative estimate of drug-likeness (QED) is 0.690. The number of methoxy groups -OCH3 is 1. The van der Waals surface area contributed by atoms with E-state index in [1.165, 1.54) is 0 Å². The maximum Gasteiger partial charge on any atom is 0.243 e. The lowest BCUT2D eigenvalue weighted by molar-refractivity contribution is -0.141. The lowest BCUT2D eigenvalue weighted by atomic mass is 9.66. The molecule has 172 valence electrons. The molecule has 3 aliphatic rings. The molecule has 31 heavy (non-hydrogen) atoms. The van der Waals surface area contributed by atoms with Crippen molar-refractivity contribution in [3.05, 3.63) is 24.3 Å². The Hall–Kier alpha value is -1.64. The Morgan fingerprint density at radius 3 is 2.52 bits per heavy atom. The monoisotopic (exact) mass is 449 g/mol. The van der Waals surface area contributed by atoms with Gasteiger partial charge in [0.05, 0.1) is 17.4 Å². The van der Waals surface area contributed by atoms with Gasteiger partial charge in [-0.2, -0.15) is 4.31 Å². The number of amides is 1. The van der Waals surface area contributed by atoms with Gasteiger partial charge in [-0.05, 0) is 55.7 Å². The summed E-state index contributed by atoms with van der Waals surface area (Å²) >= 11 is 0. The molecule has 4 rings (SSSR count). The molecular weight excluding hydrogens is 414 g/mol. The maximum atomic E-state index is 13.3. The van der Waals surface area contributed by atoms with E-state index in [2.05, 4.69) is 11.8 Å². The number of hydrogen-bond acceptors (Lipinski definition) is 5. The van der Waals surface area contributed by atoms with E-state index in [-0.39, 0.29) is 21.6 Å². The lowest BCUT2D eigenvalue weighted by Gasteiger charge is -2.44. The number of ether oxygens (including phenoxy) is 1. The highest BCUT2D eigenvalue weighted by atomic mass is 32.2. The van der Waals surface area contributed by atoms with E-state index in [1.807, 2.05) is 14.1 Å². The minimum absolute atomic E-state index is 0.0516. The summed E-state index contributed by atoms with van der Waals surface area (Å²) in [5.74, 6) is 1.09. The fourth-order valence-electron chi connectivity index (χ4n) is 6.38. The summed E-state index contributed by atoms with van der Waals surface area (Å²) in [4.78, 5) is 17.7. The van der Waals surface area contributed by atoms with Crippen LogP contribution in [-0.2, 0) is 14.8 Å². The van der Waals surface area contributed by atoms with Crippen LogP contribution in [0.3, 0.4) is 0 Å². The molecular formula is C23H35N3O4S. The minimum atomic E-state index is -3.56. The van der Waals surface area contributed by atoms with Crippen molar-refractivity contribution in [2.24, 2.45) is 16.7 Å². The number of fused-ring (bicyclic) bond motifs is 2. The van der Waals surface area contributed by atoms with Gasteiger partial charge in [-0.3, -0.25) is 4.79 Å². The topological polar surface area (TPSA) is 70.2 Å². The zero-order valence-electron chi connectivity index (χ0n) is 19.1. The van der Waals surface area contributed by atoms with Crippen LogP contribution in [0.5, 0.6) is 5.75 Å². The fraction of sp³-hybridized carbons (Fsp3) is 0.696. The fourth-order valence-corrected chi connectivity index (χ4v) is 7.85. The summed E-state index contributed by atoms with van der Waals surface area (Å²) in [6, 6.07) is 6.69. The van der Waals surface area contributed by atoms with Gasteiger partial charge in [0.25, 0.3) is 0 Å². The molecule has 0 bridgehead atoms. The predicted molar refractivity (Wildman–Crippen MR) is 119 cm³/mol. The Morgan fingerprint density at radius 2 is 1.90 bits per heavy atom. The predicted octanol–water partition coefficient (Wildman–Crippen LogP) is 2.29. The van der Waals surface area contributed by atoms with Crippen LogP contribution in [-0.4, -0.2) is 82.4 Å². The standard InChI is InChI=1S/C23H35N3O4S/c1-5-25-16-20-22(9-10-23(20,17-25)21(27)24(2)3)11-13-26(14-12-22)31(28,29)19-8-6-7-18(15-19)30-4/h6-8,15,20H,5,9-14,16-17H2,1-4H3/t20-,23+/m0/s1. The third-order valence-electron chi connectivity index (χ3n) is 8.10. The van der Waals surface area contributed by atoms with Gasteiger partial charge < -0.3 is 14.5 Å². The summed E-state index contributed by atoms with van der Waals surface area (Å²) in [7, 11) is 1.70. The highest BCUT2D eigenvalue weighted by molar-refractivity contribution is 7.89. The van der Waals surface area contributed by atoms with Crippen LogP contribution < -0.4 is 4.74 Å². The van der Waals surface area contributed by atoms with Gasteiger partial charge in [-0.15, -0.1) is 0 Å². The summed E-state index contributed by atoms with van der Waals surface area (Å²) in [6.45, 7) is 5.90. The largest absolute Gasteiger partial charge is 0.497 e. The van der Waals surface area contributed by atoms with Crippen molar-refractivity contribution in [3.63, 3.8) is 0 Å². The minimum Gasteiger partial charge on any atom is -0.497 e. The Labute approximate surface area is 186 Å². The number of carbonyl (C=O) groups excluding carboxylic acids is 1. The Bertz CT molecular complexity index is 940. The van der Waals surface area contributed by atoms with Gasteiger partial charge in [0.15, 0.2) is 0 Å². The van der Waals surface area contributed by atoms with E-state index in [4.69, 9.17) is 4.74 Å². The van der Waals surface area contributed by atoms with Crippen molar-refractivity contribution in [3.8, 4) is 5.75 Å². The SMILES string of the molecule is CCN1C[C@H]2C3(CCN(S(=O)(=O)c4cccc(OC)c4)CC3)CC[C@@]2(C(=O)N(C)C)C1. The molecule has 3 fully saturated rings. The average molecular weight is 450 g/mol. The van der Waals surface area contributed by atoms with E-state index in [0.717, 1.165) is 45.3 Å². The number of carbonyl (C=O) groups is 1. The van der Waals surface area contributed by atoms with Gasteiger partial charge in [0.2, 0.25) is 15.9 Å². The summed E-state index contributed by atoms with van der Waals surface area (Å²) in [5, 5.41) is 0. The molecule has 1 spiro atoms. The van der Waals surface area contributed by atoms with Crippen LogP contribution >= 0.6 is 0 Å². The Kier molecular flexibility index (Phi) is 5.85. The summed E-state index contributed by atoms with van der Waals surface area (Å²) in [5.41, 5.74) is -0.261. The number of sulfonamides is 1. The number of hydrogen-bond donors (Lipinski definition) is 0. The molecule has 0 radical (unpaired) electrons. The van der Waals surface area contributed by atoms with Crippen molar-refractivity contribution < 1.29 is 17.9 Å². The number of likely N-dealkylation sites (tertiary alicyclic amines) is 1. The van der Waals surface area contributed by atoms with Gasteiger partial charge in [-0.1, -0.05) is 13.0 Å². The Morgan fingerprint density at radius 1 is 1.19 bits per heavy atom. The van der Waals surface area contributed by atoms with E-state index < -0.39 is 10.0 Å². The molecule has 8 heteroatoms. The number of rotatable bonds is 5. The van der Waals surface area contributed by atoms with E-state index in [9.17, 15) is 13.2 Å². The molecule has 1 aromatic carbocycles. The first-order valence-corrected chi connectivity index (χ1v) is 12.7. The summed E-state index contributed by atoms with van der Waals surface area (Å²) in [6.07, 6.45) is 3.57. The van der Waals surface area contributed by atoms with Crippen LogP contribution in [0.25, 0.3) is 0 Å². The highest BCUT2D eigenvalue weighted by Gasteiger charge is 2.64. The number of benzene rings is 1. The first kappa shape index (κ1) is 22.6. The van der Waals surface area contributed by atoms with E-state index in [1.54, 1.807) is 40.6 Å². The molecule has 2 heterocycles. The number of nitrogens with zero attached hydrogens (tertiary/aromatic N) is 3. The normalized spacial score (nSPS) is 28.6.